The summed E-state index contributed by atoms with van der Waals surface area (Å²) in [6, 6.07) is 11.9. The SMILES string of the molecule is COC(=O)CCCCNS(=O)(=O)c1cc(-c2ccc(C(=N)N)cc2)ccc1OC. The molecule has 0 fully saturated rings. The van der Waals surface area contributed by atoms with Gasteiger partial charge in [-0.1, -0.05) is 30.3 Å². The van der Waals surface area contributed by atoms with Crippen LogP contribution in [0.4, 0.5) is 0 Å². The third kappa shape index (κ3) is 6.03. The zero-order valence-corrected chi connectivity index (χ0v) is 17.2. The molecule has 29 heavy (non-hydrogen) atoms. The van der Waals surface area contributed by atoms with E-state index in [1.54, 1.807) is 42.5 Å². The summed E-state index contributed by atoms with van der Waals surface area (Å²) in [5.41, 5.74) is 7.53. The van der Waals surface area contributed by atoms with Crippen LogP contribution in [0, 0.1) is 5.41 Å². The lowest BCUT2D eigenvalue weighted by Crippen LogP contribution is -2.25. The van der Waals surface area contributed by atoms with Crippen molar-refractivity contribution in [2.75, 3.05) is 20.8 Å². The molecule has 0 aliphatic heterocycles. The second-order valence-corrected chi connectivity index (χ2v) is 8.02. The number of benzene rings is 2. The third-order valence-electron chi connectivity index (χ3n) is 4.31. The fourth-order valence-electron chi connectivity index (χ4n) is 2.69. The van der Waals surface area contributed by atoms with Crippen LogP contribution in [0.1, 0.15) is 24.8 Å². The summed E-state index contributed by atoms with van der Waals surface area (Å²) in [5.74, 6) is -0.125. The highest BCUT2D eigenvalue weighted by molar-refractivity contribution is 7.89. The summed E-state index contributed by atoms with van der Waals surface area (Å²) in [7, 11) is -1.08. The van der Waals surface area contributed by atoms with E-state index in [-0.39, 0.29) is 35.4 Å². The van der Waals surface area contributed by atoms with Gasteiger partial charge in [-0.15, -0.1) is 0 Å². The fraction of sp³-hybridized carbons (Fsp3) is 0.300. The Bertz CT molecular complexity index is 972. The number of methoxy groups -OCH3 is 2. The highest BCUT2D eigenvalue weighted by Crippen LogP contribution is 2.30. The van der Waals surface area contributed by atoms with E-state index in [0.717, 1.165) is 5.56 Å². The molecule has 0 radical (unpaired) electrons. The van der Waals surface area contributed by atoms with Crippen LogP contribution in [0.15, 0.2) is 47.4 Å². The number of carbonyl (C=O) groups excluding carboxylic acids is 1. The molecule has 0 bridgehead atoms. The Hall–Kier alpha value is -2.91. The molecule has 8 nitrogen and oxygen atoms in total. The Morgan fingerprint density at radius 2 is 1.72 bits per heavy atom. The van der Waals surface area contributed by atoms with Crippen LogP contribution in [0.25, 0.3) is 11.1 Å². The van der Waals surface area contributed by atoms with Gasteiger partial charge in [0.1, 0.15) is 16.5 Å². The van der Waals surface area contributed by atoms with Crippen LogP contribution in [-0.4, -0.2) is 41.0 Å². The molecular formula is C20H25N3O5S. The average Bonchev–Trinajstić information content (AvgIpc) is 2.72. The summed E-state index contributed by atoms with van der Waals surface area (Å²) < 4.78 is 37.9. The number of nitrogens with two attached hydrogens (primary N) is 1. The lowest BCUT2D eigenvalue weighted by atomic mass is 10.0. The van der Waals surface area contributed by atoms with Crippen molar-refractivity contribution < 1.29 is 22.7 Å². The first-order valence-electron chi connectivity index (χ1n) is 8.98. The van der Waals surface area contributed by atoms with Crippen LogP contribution >= 0.6 is 0 Å². The van der Waals surface area contributed by atoms with Crippen molar-refractivity contribution in [1.82, 2.24) is 4.72 Å². The molecule has 0 atom stereocenters. The number of hydrogen-bond donors (Lipinski definition) is 3. The fourth-order valence-corrected chi connectivity index (χ4v) is 3.96. The van der Waals surface area contributed by atoms with E-state index in [9.17, 15) is 13.2 Å². The number of hydrogen-bond acceptors (Lipinski definition) is 6. The summed E-state index contributed by atoms with van der Waals surface area (Å²) >= 11 is 0. The van der Waals surface area contributed by atoms with Gasteiger partial charge in [0.2, 0.25) is 10.0 Å². The number of amidine groups is 1. The molecule has 0 aromatic heterocycles. The Morgan fingerprint density at radius 1 is 1.07 bits per heavy atom. The molecule has 2 aromatic carbocycles. The number of ether oxygens (including phenoxy) is 2. The van der Waals surface area contributed by atoms with Gasteiger partial charge in [-0.2, -0.15) is 0 Å². The van der Waals surface area contributed by atoms with Gasteiger partial charge in [0.25, 0.3) is 0 Å². The minimum absolute atomic E-state index is 0.0288. The number of carbonyl (C=O) groups is 1. The molecule has 0 heterocycles. The van der Waals surface area contributed by atoms with E-state index in [1.165, 1.54) is 14.2 Å². The third-order valence-corrected chi connectivity index (χ3v) is 5.79. The molecule has 0 spiro atoms. The number of nitrogen functional groups attached to an aromatic ring is 1. The van der Waals surface area contributed by atoms with Crippen molar-refractivity contribution in [3.63, 3.8) is 0 Å². The molecule has 0 saturated carbocycles. The largest absolute Gasteiger partial charge is 0.495 e. The van der Waals surface area contributed by atoms with Gasteiger partial charge in [-0.25, -0.2) is 13.1 Å². The maximum Gasteiger partial charge on any atom is 0.305 e. The lowest BCUT2D eigenvalue weighted by Gasteiger charge is -2.13. The minimum Gasteiger partial charge on any atom is -0.495 e. The predicted octanol–water partition coefficient (Wildman–Crippen LogP) is 2.27. The summed E-state index contributed by atoms with van der Waals surface area (Å²) in [6.07, 6.45) is 1.27. The number of rotatable bonds is 10. The van der Waals surface area contributed by atoms with E-state index >= 15 is 0 Å². The quantitative estimate of drug-likeness (QED) is 0.234. The highest BCUT2D eigenvalue weighted by Gasteiger charge is 2.20. The highest BCUT2D eigenvalue weighted by atomic mass is 32.2. The van der Waals surface area contributed by atoms with Crippen LogP contribution in [-0.2, 0) is 19.6 Å². The molecule has 2 rings (SSSR count). The van der Waals surface area contributed by atoms with Crippen molar-refractivity contribution in [2.45, 2.75) is 24.2 Å². The second-order valence-electron chi connectivity index (χ2n) is 6.29. The standard InChI is InChI=1S/C20H25N3O5S/c1-27-17-11-10-16(14-6-8-15(9-7-14)20(21)22)13-18(17)29(25,26)23-12-4-3-5-19(24)28-2/h6-11,13,23H,3-5,12H2,1-2H3,(H3,21,22). The monoisotopic (exact) mass is 419 g/mol. The molecule has 2 aromatic rings. The van der Waals surface area contributed by atoms with E-state index < -0.39 is 10.0 Å². The van der Waals surface area contributed by atoms with Crippen LogP contribution in [0.2, 0.25) is 0 Å². The summed E-state index contributed by atoms with van der Waals surface area (Å²) in [5, 5.41) is 7.46. The maximum atomic E-state index is 12.8. The van der Waals surface area contributed by atoms with Crippen molar-refractivity contribution in [3.8, 4) is 16.9 Å². The first-order valence-corrected chi connectivity index (χ1v) is 10.5. The minimum atomic E-state index is -3.81. The molecule has 0 unspecified atom stereocenters. The Kier molecular flexibility index (Phi) is 7.74. The van der Waals surface area contributed by atoms with Crippen LogP contribution < -0.4 is 15.2 Å². The van der Waals surface area contributed by atoms with Gasteiger partial charge in [-0.05, 0) is 36.1 Å². The van der Waals surface area contributed by atoms with Crippen molar-refractivity contribution >= 4 is 21.8 Å². The predicted molar refractivity (Wildman–Crippen MR) is 111 cm³/mol. The van der Waals surface area contributed by atoms with Gasteiger partial charge < -0.3 is 15.2 Å². The number of sulfonamides is 1. The Balaban J connectivity index is 2.18. The Morgan fingerprint density at radius 3 is 2.31 bits per heavy atom. The number of unbranched alkanes of at least 4 members (excludes halogenated alkanes) is 1. The number of nitrogens with one attached hydrogen (secondary N) is 2. The molecule has 0 amide bonds. The summed E-state index contributed by atoms with van der Waals surface area (Å²) in [6.45, 7) is 0.194. The lowest BCUT2D eigenvalue weighted by molar-refractivity contribution is -0.140. The van der Waals surface area contributed by atoms with E-state index in [2.05, 4.69) is 9.46 Å². The molecule has 0 saturated heterocycles. The van der Waals surface area contributed by atoms with Crippen LogP contribution in [0.3, 0.4) is 0 Å². The molecule has 4 N–H and O–H groups in total. The van der Waals surface area contributed by atoms with E-state index in [0.29, 0.717) is 24.0 Å². The van der Waals surface area contributed by atoms with Crippen molar-refractivity contribution in [3.05, 3.63) is 48.0 Å². The molecule has 156 valence electrons. The normalized spacial score (nSPS) is 11.1. The van der Waals surface area contributed by atoms with Crippen molar-refractivity contribution in [2.24, 2.45) is 5.73 Å². The maximum absolute atomic E-state index is 12.8. The molecular weight excluding hydrogens is 394 g/mol. The molecule has 0 aliphatic carbocycles. The van der Waals surface area contributed by atoms with Gasteiger partial charge in [0, 0.05) is 18.5 Å². The van der Waals surface area contributed by atoms with Gasteiger partial charge in [0.15, 0.2) is 0 Å². The molecule has 9 heteroatoms. The topological polar surface area (TPSA) is 132 Å². The van der Waals surface area contributed by atoms with Gasteiger partial charge >= 0.3 is 5.97 Å². The zero-order valence-electron chi connectivity index (χ0n) is 16.4. The average molecular weight is 420 g/mol. The van der Waals surface area contributed by atoms with Crippen LogP contribution in [0.5, 0.6) is 5.75 Å². The van der Waals surface area contributed by atoms with Crippen molar-refractivity contribution in [1.29, 1.82) is 5.41 Å². The first-order chi connectivity index (χ1) is 13.8. The first kappa shape index (κ1) is 22.4. The molecule has 0 aliphatic rings. The number of esters is 1. The summed E-state index contributed by atoms with van der Waals surface area (Å²) in [4.78, 5) is 11.1. The smallest absolute Gasteiger partial charge is 0.305 e. The van der Waals surface area contributed by atoms with Gasteiger partial charge in [0.05, 0.1) is 14.2 Å². The van der Waals surface area contributed by atoms with Gasteiger partial charge in [-0.3, -0.25) is 10.2 Å². The Labute approximate surface area is 170 Å². The van der Waals surface area contributed by atoms with E-state index in [4.69, 9.17) is 15.9 Å². The zero-order chi connectivity index (χ0) is 21.4. The second kappa shape index (κ2) is 10.0. The van der Waals surface area contributed by atoms with E-state index in [1.807, 2.05) is 0 Å².